The molecule has 0 saturated carbocycles. The predicted octanol–water partition coefficient (Wildman–Crippen LogP) is 6.18. The van der Waals surface area contributed by atoms with Crippen molar-refractivity contribution in [1.29, 1.82) is 0 Å². The van der Waals surface area contributed by atoms with Crippen molar-refractivity contribution in [3.8, 4) is 11.5 Å². The van der Waals surface area contributed by atoms with Crippen LogP contribution in [0.1, 0.15) is 68.4 Å². The minimum Gasteiger partial charge on any atom is -0.465 e. The Balaban J connectivity index is 1.32. The summed E-state index contributed by atoms with van der Waals surface area (Å²) in [5, 5.41) is 10.2. The number of nitrogens with zero attached hydrogens (tertiary/aromatic N) is 2. The van der Waals surface area contributed by atoms with Crippen LogP contribution in [-0.4, -0.2) is 52.6 Å². The van der Waals surface area contributed by atoms with Gasteiger partial charge in [0, 0.05) is 36.8 Å². The molecule has 35 heavy (non-hydrogen) atoms. The van der Waals surface area contributed by atoms with E-state index in [2.05, 4.69) is 11.0 Å². The largest absolute Gasteiger partial charge is 0.465 e. The first kappa shape index (κ1) is 23.6. The fourth-order valence-corrected chi connectivity index (χ4v) is 5.77. The maximum Gasteiger partial charge on any atom is 0.414 e. The normalized spacial score (nSPS) is 20.9. The van der Waals surface area contributed by atoms with Crippen LogP contribution in [0.2, 0.25) is 0 Å². The molecule has 2 aromatic rings. The summed E-state index contributed by atoms with van der Waals surface area (Å²) in [5.74, 6) is 0.140. The van der Waals surface area contributed by atoms with Crippen LogP contribution in [0.15, 0.2) is 60.2 Å². The van der Waals surface area contributed by atoms with E-state index in [4.69, 9.17) is 4.74 Å². The fourth-order valence-electron chi connectivity index (χ4n) is 5.77. The van der Waals surface area contributed by atoms with E-state index in [1.807, 2.05) is 48.5 Å². The van der Waals surface area contributed by atoms with Gasteiger partial charge in [0.05, 0.1) is 5.92 Å². The van der Waals surface area contributed by atoms with E-state index < -0.39 is 12.0 Å². The Bertz CT molecular complexity index is 1060. The quantitative estimate of drug-likeness (QED) is 0.536. The molecule has 2 aromatic carbocycles. The van der Waals surface area contributed by atoms with Crippen LogP contribution < -0.4 is 4.74 Å². The molecule has 1 saturated heterocycles. The van der Waals surface area contributed by atoms with Gasteiger partial charge in [0.1, 0.15) is 11.5 Å². The van der Waals surface area contributed by atoms with Gasteiger partial charge >= 0.3 is 6.09 Å². The maximum absolute atomic E-state index is 13.9. The van der Waals surface area contributed by atoms with Crippen molar-refractivity contribution in [1.82, 2.24) is 9.80 Å². The van der Waals surface area contributed by atoms with E-state index in [1.54, 1.807) is 0 Å². The topological polar surface area (TPSA) is 70.1 Å². The third-order valence-corrected chi connectivity index (χ3v) is 7.60. The van der Waals surface area contributed by atoms with Gasteiger partial charge in [0.15, 0.2) is 0 Å². The van der Waals surface area contributed by atoms with Crippen LogP contribution in [0, 0.1) is 0 Å². The first-order chi connectivity index (χ1) is 17.1. The zero-order valence-electron chi connectivity index (χ0n) is 20.2. The molecule has 6 heteroatoms. The first-order valence-corrected chi connectivity index (χ1v) is 12.9. The average Bonchev–Trinajstić information content (AvgIpc) is 2.85. The molecule has 0 aromatic heterocycles. The highest BCUT2D eigenvalue weighted by Crippen LogP contribution is 2.45. The van der Waals surface area contributed by atoms with Crippen molar-refractivity contribution in [2.75, 3.05) is 19.6 Å². The molecule has 0 spiro atoms. The number of piperidine rings is 1. The molecular weight excluding hydrogens is 440 g/mol. The molecule has 1 N–H and O–H groups in total. The summed E-state index contributed by atoms with van der Waals surface area (Å²) in [6, 6.07) is 14.5. The van der Waals surface area contributed by atoms with Crippen molar-refractivity contribution in [2.45, 2.75) is 63.3 Å². The van der Waals surface area contributed by atoms with E-state index in [1.165, 1.54) is 44.1 Å². The lowest BCUT2D eigenvalue weighted by atomic mass is 9.86. The molecule has 0 unspecified atom stereocenters. The fraction of sp³-hybridized carbons (Fsp3) is 0.448. The number of hydrogen-bond donors (Lipinski definition) is 1. The molecule has 3 aliphatic rings. The number of carbonyl (C=O) groups excluding carboxylic acids is 1. The molecular formula is C29H34N2O4. The average molecular weight is 475 g/mol. The molecule has 0 atom stereocenters. The number of amides is 2. The van der Waals surface area contributed by atoms with Crippen molar-refractivity contribution < 1.29 is 19.4 Å². The number of benzene rings is 2. The van der Waals surface area contributed by atoms with Gasteiger partial charge in [-0.05, 0) is 50.7 Å². The van der Waals surface area contributed by atoms with E-state index in [9.17, 15) is 14.7 Å². The summed E-state index contributed by atoms with van der Waals surface area (Å²) in [7, 11) is 0. The van der Waals surface area contributed by atoms with Gasteiger partial charge in [0.2, 0.25) is 5.91 Å². The van der Waals surface area contributed by atoms with E-state index in [0.29, 0.717) is 24.3 Å². The van der Waals surface area contributed by atoms with Crippen LogP contribution in [-0.2, 0) is 4.79 Å². The SMILES string of the molecule is O=C(O)N(C(=O)C1c2ccccc2Oc2ccccc21)C1CCN(C/C2=C/CCCCCC2)CC1. The molecule has 0 radical (unpaired) electrons. The van der Waals surface area contributed by atoms with Crippen LogP contribution in [0.4, 0.5) is 4.79 Å². The Kier molecular flexibility index (Phi) is 7.19. The number of allylic oxidation sites excluding steroid dienone is 1. The van der Waals surface area contributed by atoms with Crippen molar-refractivity contribution in [3.63, 3.8) is 0 Å². The summed E-state index contributed by atoms with van der Waals surface area (Å²) in [6.45, 7) is 2.58. The summed E-state index contributed by atoms with van der Waals surface area (Å²) < 4.78 is 6.02. The predicted molar refractivity (Wildman–Crippen MR) is 135 cm³/mol. The van der Waals surface area contributed by atoms with Gasteiger partial charge in [0.25, 0.3) is 0 Å². The molecule has 2 heterocycles. The molecule has 184 valence electrons. The van der Waals surface area contributed by atoms with Gasteiger partial charge in [-0.25, -0.2) is 9.69 Å². The van der Waals surface area contributed by atoms with E-state index in [-0.39, 0.29) is 11.9 Å². The number of carboxylic acid groups (broad SMARTS) is 1. The van der Waals surface area contributed by atoms with Gasteiger partial charge in [-0.3, -0.25) is 9.69 Å². The van der Waals surface area contributed by atoms with E-state index in [0.717, 1.165) is 35.7 Å². The highest BCUT2D eigenvalue weighted by Gasteiger charge is 2.41. The Labute approximate surface area is 207 Å². The number of likely N-dealkylation sites (tertiary alicyclic amines) is 1. The second-order valence-corrected chi connectivity index (χ2v) is 9.92. The van der Waals surface area contributed by atoms with Crippen LogP contribution in [0.5, 0.6) is 11.5 Å². The van der Waals surface area contributed by atoms with Crippen LogP contribution in [0.3, 0.4) is 0 Å². The van der Waals surface area contributed by atoms with Gasteiger partial charge in [-0.2, -0.15) is 0 Å². The second kappa shape index (κ2) is 10.6. The summed E-state index contributed by atoms with van der Waals surface area (Å²) in [6.07, 6.45) is 10.1. The Morgan fingerprint density at radius 2 is 1.54 bits per heavy atom. The number of ether oxygens (including phenoxy) is 1. The monoisotopic (exact) mass is 474 g/mol. The zero-order chi connectivity index (χ0) is 24.2. The summed E-state index contributed by atoms with van der Waals surface area (Å²) in [5.41, 5.74) is 2.96. The highest BCUT2D eigenvalue weighted by molar-refractivity contribution is 5.98. The minimum absolute atomic E-state index is 0.315. The lowest BCUT2D eigenvalue weighted by Gasteiger charge is -2.38. The number of para-hydroxylation sites is 2. The number of fused-ring (bicyclic) bond motifs is 2. The highest BCUT2D eigenvalue weighted by atomic mass is 16.5. The first-order valence-electron chi connectivity index (χ1n) is 12.9. The van der Waals surface area contributed by atoms with Crippen molar-refractivity contribution in [3.05, 3.63) is 71.3 Å². The summed E-state index contributed by atoms with van der Waals surface area (Å²) in [4.78, 5) is 29.9. The number of imide groups is 1. The van der Waals surface area contributed by atoms with E-state index >= 15 is 0 Å². The molecule has 1 aliphatic carbocycles. The Morgan fingerprint density at radius 1 is 0.914 bits per heavy atom. The lowest BCUT2D eigenvalue weighted by Crippen LogP contribution is -2.51. The van der Waals surface area contributed by atoms with Gasteiger partial charge in [-0.1, -0.05) is 60.9 Å². The van der Waals surface area contributed by atoms with Crippen molar-refractivity contribution in [2.24, 2.45) is 0 Å². The Morgan fingerprint density at radius 3 is 2.20 bits per heavy atom. The number of hydrogen-bond acceptors (Lipinski definition) is 4. The second-order valence-electron chi connectivity index (χ2n) is 9.92. The van der Waals surface area contributed by atoms with Gasteiger partial charge in [-0.15, -0.1) is 0 Å². The van der Waals surface area contributed by atoms with Gasteiger partial charge < -0.3 is 9.84 Å². The molecule has 6 nitrogen and oxygen atoms in total. The third kappa shape index (κ3) is 5.13. The number of rotatable bonds is 4. The molecule has 1 fully saturated rings. The minimum atomic E-state index is -1.17. The number of carbonyl (C=O) groups is 2. The maximum atomic E-state index is 13.9. The molecule has 2 aliphatic heterocycles. The summed E-state index contributed by atoms with van der Waals surface area (Å²) >= 11 is 0. The molecule has 2 amide bonds. The Hall–Kier alpha value is -3.12. The third-order valence-electron chi connectivity index (χ3n) is 7.60. The van der Waals surface area contributed by atoms with Crippen molar-refractivity contribution >= 4 is 12.0 Å². The standard InChI is InChI=1S/C29H34N2O4/c32-28(27-23-12-6-8-14-25(23)35-26-15-9-7-13-24(26)27)31(29(33)34)22-16-18-30(19-17-22)20-21-10-4-2-1-3-5-11-21/h6-10,12-15,22,27H,1-5,11,16-20H2,(H,33,34)/b21-10+. The smallest absolute Gasteiger partial charge is 0.414 e. The zero-order valence-corrected chi connectivity index (χ0v) is 20.2. The van der Waals surface area contributed by atoms with Crippen LogP contribution >= 0.6 is 0 Å². The lowest BCUT2D eigenvalue weighted by molar-refractivity contribution is -0.132. The van der Waals surface area contributed by atoms with Crippen LogP contribution in [0.25, 0.3) is 0 Å². The molecule has 5 rings (SSSR count). The molecule has 0 bridgehead atoms.